The molecule has 4 fully saturated rings. The molecular formula is C20H21F6N5O3. The van der Waals surface area contributed by atoms with Crippen molar-refractivity contribution in [2.24, 2.45) is 0 Å². The van der Waals surface area contributed by atoms with Crippen LogP contribution in [0.4, 0.5) is 32.2 Å². The summed E-state index contributed by atoms with van der Waals surface area (Å²) in [6, 6.07) is 1.14. The van der Waals surface area contributed by atoms with Crippen LogP contribution < -0.4 is 10.5 Å². The van der Waals surface area contributed by atoms with Gasteiger partial charge in [-0.2, -0.15) is 13.2 Å². The highest BCUT2D eigenvalue weighted by atomic mass is 19.4. The summed E-state index contributed by atoms with van der Waals surface area (Å²) in [4.78, 5) is 9.76. The average Bonchev–Trinajstić information content (AvgIpc) is 3.17. The number of nitrogens with zero attached hydrogens (tertiary/aromatic N) is 4. The zero-order valence-electron chi connectivity index (χ0n) is 17.6. The molecule has 8 nitrogen and oxygen atoms in total. The quantitative estimate of drug-likeness (QED) is 0.618. The van der Waals surface area contributed by atoms with E-state index >= 15 is 0 Å². The molecule has 2 bridgehead atoms. The van der Waals surface area contributed by atoms with E-state index in [4.69, 9.17) is 10.5 Å². The summed E-state index contributed by atoms with van der Waals surface area (Å²) in [7, 11) is 0. The zero-order valence-corrected chi connectivity index (χ0v) is 17.6. The van der Waals surface area contributed by atoms with Crippen molar-refractivity contribution in [2.45, 2.75) is 48.5 Å². The van der Waals surface area contributed by atoms with E-state index in [0.29, 0.717) is 44.7 Å². The SMILES string of the molecule is Nc1ncc(C2C3(N4CCOCC4)CC2(n2ccnc2C(O)C(F)(F)F)C3)cc1OC(F)(F)F. The molecule has 3 N–H and O–H groups in total. The van der Waals surface area contributed by atoms with Crippen LogP contribution in [0.5, 0.6) is 5.75 Å². The molecule has 2 aromatic rings. The van der Waals surface area contributed by atoms with Gasteiger partial charge in [0, 0.05) is 43.1 Å². The first-order chi connectivity index (χ1) is 15.9. The lowest BCUT2D eigenvalue weighted by molar-refractivity contribution is -0.274. The molecule has 0 radical (unpaired) electrons. The van der Waals surface area contributed by atoms with Crippen LogP contribution in [0.25, 0.3) is 0 Å². The first-order valence-corrected chi connectivity index (χ1v) is 10.5. The number of aliphatic hydroxyl groups is 1. The third kappa shape index (κ3) is 3.41. The highest BCUT2D eigenvalue weighted by Gasteiger charge is 2.79. The number of anilines is 1. The largest absolute Gasteiger partial charge is 0.573 e. The summed E-state index contributed by atoms with van der Waals surface area (Å²) in [6.45, 7) is 2.08. The number of alkyl halides is 6. The Morgan fingerprint density at radius 1 is 1.12 bits per heavy atom. The Hall–Kier alpha value is -2.58. The number of nitrogen functional groups attached to an aromatic ring is 1. The van der Waals surface area contributed by atoms with E-state index in [0.717, 1.165) is 6.07 Å². The van der Waals surface area contributed by atoms with Crippen molar-refractivity contribution in [1.82, 2.24) is 19.4 Å². The van der Waals surface area contributed by atoms with Crippen LogP contribution >= 0.6 is 0 Å². The van der Waals surface area contributed by atoms with Gasteiger partial charge in [-0.05, 0) is 24.5 Å². The van der Waals surface area contributed by atoms with E-state index in [2.05, 4.69) is 19.6 Å². The van der Waals surface area contributed by atoms with Gasteiger partial charge >= 0.3 is 12.5 Å². The van der Waals surface area contributed by atoms with Crippen LogP contribution in [0.3, 0.4) is 0 Å². The molecule has 0 spiro atoms. The van der Waals surface area contributed by atoms with E-state index in [1.165, 1.54) is 23.2 Å². The molecule has 34 heavy (non-hydrogen) atoms. The molecule has 2 aromatic heterocycles. The van der Waals surface area contributed by atoms with Gasteiger partial charge in [0.05, 0.1) is 18.8 Å². The summed E-state index contributed by atoms with van der Waals surface area (Å²) >= 11 is 0. The van der Waals surface area contributed by atoms with Crippen LogP contribution in [0.2, 0.25) is 0 Å². The fourth-order valence-corrected chi connectivity index (χ4v) is 5.87. The van der Waals surface area contributed by atoms with Gasteiger partial charge in [-0.25, -0.2) is 9.97 Å². The number of rotatable bonds is 5. The lowest BCUT2D eigenvalue weighted by Gasteiger charge is -2.79. The second kappa shape index (κ2) is 7.46. The van der Waals surface area contributed by atoms with Gasteiger partial charge in [0.1, 0.15) is 5.82 Å². The summed E-state index contributed by atoms with van der Waals surface area (Å²) in [6.07, 6.45) is -8.02. The lowest BCUT2D eigenvalue weighted by Crippen LogP contribution is -2.84. The van der Waals surface area contributed by atoms with Crippen LogP contribution in [-0.2, 0) is 10.3 Å². The number of imidazole rings is 1. The van der Waals surface area contributed by atoms with Crippen molar-refractivity contribution in [3.63, 3.8) is 0 Å². The van der Waals surface area contributed by atoms with Crippen molar-refractivity contribution >= 4 is 5.82 Å². The van der Waals surface area contributed by atoms with Gasteiger partial charge in [-0.15, -0.1) is 13.2 Å². The number of pyridine rings is 1. The van der Waals surface area contributed by atoms with E-state index in [1.807, 2.05) is 0 Å². The Balaban J connectivity index is 1.56. The predicted octanol–water partition coefficient (Wildman–Crippen LogP) is 2.71. The van der Waals surface area contributed by atoms with Crippen LogP contribution in [0.15, 0.2) is 24.7 Å². The van der Waals surface area contributed by atoms with Crippen molar-refractivity contribution < 1.29 is 40.9 Å². The molecule has 3 aliphatic carbocycles. The van der Waals surface area contributed by atoms with Gasteiger partial charge in [0.2, 0.25) is 6.10 Å². The lowest BCUT2D eigenvalue weighted by atomic mass is 9.35. The molecule has 1 aliphatic heterocycles. The smallest absolute Gasteiger partial charge is 0.402 e. The maximum Gasteiger partial charge on any atom is 0.573 e. The molecule has 4 aliphatic rings. The molecule has 0 amide bonds. The molecule has 2 atom stereocenters. The Morgan fingerprint density at radius 3 is 2.41 bits per heavy atom. The number of aromatic nitrogens is 3. The third-order valence-corrected chi connectivity index (χ3v) is 7.11. The van der Waals surface area contributed by atoms with Gasteiger partial charge in [0.25, 0.3) is 0 Å². The predicted molar refractivity (Wildman–Crippen MR) is 104 cm³/mol. The molecule has 6 rings (SSSR count). The van der Waals surface area contributed by atoms with Gasteiger partial charge in [-0.1, -0.05) is 0 Å². The Morgan fingerprint density at radius 2 is 1.79 bits per heavy atom. The summed E-state index contributed by atoms with van der Waals surface area (Å²) in [5, 5.41) is 9.90. The molecule has 2 unspecified atom stereocenters. The minimum absolute atomic E-state index is 0.346. The summed E-state index contributed by atoms with van der Waals surface area (Å²) in [5.74, 6) is -2.23. The number of morpholine rings is 1. The minimum Gasteiger partial charge on any atom is -0.402 e. The number of hydrogen-bond acceptors (Lipinski definition) is 7. The Kier molecular flexibility index (Phi) is 5.08. The third-order valence-electron chi connectivity index (χ3n) is 7.11. The van der Waals surface area contributed by atoms with Crippen LogP contribution in [0.1, 0.15) is 36.3 Å². The maximum absolute atomic E-state index is 13.3. The Bertz CT molecular complexity index is 1080. The first kappa shape index (κ1) is 23.2. The number of aliphatic hydroxyl groups excluding tert-OH is 1. The number of halogens is 6. The van der Waals surface area contributed by atoms with Gasteiger partial charge in [-0.3, -0.25) is 4.90 Å². The standard InChI is InChI=1S/C20H21F6N5O3/c21-19(22,23)14(32)16-28-1-2-31(16)18-9-17(10-18,30-3-5-33-6-4-30)13(18)11-7-12(15(27)29-8-11)34-20(24,25)26/h1-2,7-8,13-14,32H,3-6,9-10H2,(H2,27,29). The van der Waals surface area contributed by atoms with Crippen LogP contribution in [0, 0.1) is 0 Å². The maximum atomic E-state index is 13.3. The van der Waals surface area contributed by atoms with Crippen molar-refractivity contribution in [3.05, 3.63) is 36.0 Å². The number of hydrogen-bond donors (Lipinski definition) is 2. The summed E-state index contributed by atoms with van der Waals surface area (Å²) in [5.41, 5.74) is 4.49. The van der Waals surface area contributed by atoms with Crippen molar-refractivity contribution in [3.8, 4) is 5.75 Å². The van der Waals surface area contributed by atoms with E-state index < -0.39 is 53.0 Å². The molecule has 0 aromatic carbocycles. The average molecular weight is 493 g/mol. The fourth-order valence-electron chi connectivity index (χ4n) is 5.87. The van der Waals surface area contributed by atoms with E-state index in [9.17, 15) is 31.4 Å². The topological polar surface area (TPSA) is 98.7 Å². The molecule has 14 heteroatoms. The molecule has 186 valence electrons. The number of ether oxygens (including phenoxy) is 2. The highest BCUT2D eigenvalue weighted by Crippen LogP contribution is 2.76. The van der Waals surface area contributed by atoms with E-state index in [1.54, 1.807) is 0 Å². The number of nitrogens with two attached hydrogens (primary N) is 1. The summed E-state index contributed by atoms with van der Waals surface area (Å²) < 4.78 is 89.2. The normalized spacial score (nSPS) is 30.4. The highest BCUT2D eigenvalue weighted by molar-refractivity contribution is 5.52. The molecular weight excluding hydrogens is 472 g/mol. The molecule has 3 saturated carbocycles. The fraction of sp³-hybridized carbons (Fsp3) is 0.600. The van der Waals surface area contributed by atoms with Crippen molar-refractivity contribution in [1.29, 1.82) is 0 Å². The van der Waals surface area contributed by atoms with Gasteiger partial charge < -0.3 is 24.9 Å². The monoisotopic (exact) mass is 493 g/mol. The molecule has 3 heterocycles. The van der Waals surface area contributed by atoms with Gasteiger partial charge in [0.15, 0.2) is 11.6 Å². The second-order valence-corrected chi connectivity index (χ2v) is 8.89. The Labute approximate surface area is 189 Å². The zero-order chi connectivity index (χ0) is 24.5. The van der Waals surface area contributed by atoms with E-state index in [-0.39, 0.29) is 0 Å². The van der Waals surface area contributed by atoms with Crippen molar-refractivity contribution in [2.75, 3.05) is 32.0 Å². The first-order valence-electron chi connectivity index (χ1n) is 10.5. The molecule has 1 saturated heterocycles. The second-order valence-electron chi connectivity index (χ2n) is 8.89. The minimum atomic E-state index is -5.00. The van der Waals surface area contributed by atoms with Crippen LogP contribution in [-0.4, -0.2) is 68.9 Å².